The third kappa shape index (κ3) is 4.86. The van der Waals surface area contributed by atoms with Crippen molar-refractivity contribution in [2.24, 2.45) is 5.92 Å². The third-order valence-corrected chi connectivity index (χ3v) is 4.54. The number of imidazole rings is 1. The zero-order valence-electron chi connectivity index (χ0n) is 15.9. The topological polar surface area (TPSA) is 89.8 Å². The molecule has 0 radical (unpaired) electrons. The number of nitrogens with one attached hydrogen (secondary N) is 4. The van der Waals surface area contributed by atoms with Crippen molar-refractivity contribution in [3.05, 3.63) is 64.6 Å². The van der Waals surface area contributed by atoms with Crippen LogP contribution in [0.15, 0.2) is 53.3 Å². The van der Waals surface area contributed by atoms with E-state index in [0.717, 1.165) is 6.42 Å². The number of anilines is 1. The molecule has 0 spiro atoms. The second-order valence-corrected chi connectivity index (χ2v) is 7.31. The van der Waals surface area contributed by atoms with E-state index >= 15 is 0 Å². The fourth-order valence-electron chi connectivity index (χ4n) is 3.20. The summed E-state index contributed by atoms with van der Waals surface area (Å²) in [6.45, 7) is 6.22. The van der Waals surface area contributed by atoms with Gasteiger partial charge in [-0.15, -0.1) is 0 Å². The maximum Gasteiger partial charge on any atom is 0.323 e. The highest BCUT2D eigenvalue weighted by molar-refractivity contribution is 5.96. The van der Waals surface area contributed by atoms with Crippen LogP contribution in [-0.2, 0) is 4.79 Å². The van der Waals surface area contributed by atoms with Gasteiger partial charge in [-0.3, -0.25) is 10.1 Å². The first kappa shape index (κ1) is 18.9. The highest BCUT2D eigenvalue weighted by atomic mass is 16.2. The molecule has 0 saturated carbocycles. The molecule has 1 amide bonds. The summed E-state index contributed by atoms with van der Waals surface area (Å²) < 4.78 is 0. The van der Waals surface area contributed by atoms with E-state index in [-0.39, 0.29) is 23.7 Å². The summed E-state index contributed by atoms with van der Waals surface area (Å²) in [6.07, 6.45) is 0.943. The van der Waals surface area contributed by atoms with Gasteiger partial charge in [0.2, 0.25) is 5.91 Å². The number of carbonyl (C=O) groups is 1. The van der Waals surface area contributed by atoms with Gasteiger partial charge in [0.15, 0.2) is 0 Å². The first-order valence-electron chi connectivity index (χ1n) is 9.26. The van der Waals surface area contributed by atoms with Gasteiger partial charge in [-0.25, -0.2) is 4.79 Å². The predicted molar refractivity (Wildman–Crippen MR) is 109 cm³/mol. The lowest BCUT2D eigenvalue weighted by Crippen LogP contribution is -2.40. The molecule has 0 aliphatic rings. The van der Waals surface area contributed by atoms with Crippen molar-refractivity contribution in [3.63, 3.8) is 0 Å². The van der Waals surface area contributed by atoms with Crippen LogP contribution in [0.2, 0.25) is 0 Å². The Bertz CT molecular complexity index is 959. The molecule has 4 N–H and O–H groups in total. The third-order valence-electron chi connectivity index (χ3n) is 4.54. The van der Waals surface area contributed by atoms with Crippen LogP contribution in [0.4, 0.5) is 5.69 Å². The maximum atomic E-state index is 12.7. The van der Waals surface area contributed by atoms with Gasteiger partial charge in [0.1, 0.15) is 0 Å². The summed E-state index contributed by atoms with van der Waals surface area (Å²) in [5.74, 6) is 0.391. The van der Waals surface area contributed by atoms with E-state index in [1.807, 2.05) is 25.1 Å². The highest BCUT2D eigenvalue weighted by Gasteiger charge is 2.20. The van der Waals surface area contributed by atoms with Gasteiger partial charge in [-0.1, -0.05) is 44.2 Å². The van der Waals surface area contributed by atoms with Crippen molar-refractivity contribution in [2.75, 3.05) is 5.32 Å². The molecule has 27 heavy (non-hydrogen) atoms. The van der Waals surface area contributed by atoms with Crippen molar-refractivity contribution in [1.82, 2.24) is 15.3 Å². The van der Waals surface area contributed by atoms with E-state index in [2.05, 4.69) is 46.6 Å². The molecular weight excluding hydrogens is 340 g/mol. The molecule has 1 heterocycles. The minimum Gasteiger partial charge on any atom is -0.325 e. The first-order chi connectivity index (χ1) is 12.9. The number of fused-ring (bicyclic) bond motifs is 1. The molecule has 1 aromatic heterocycles. The van der Waals surface area contributed by atoms with E-state index in [0.29, 0.717) is 22.6 Å². The van der Waals surface area contributed by atoms with Crippen molar-refractivity contribution in [1.29, 1.82) is 0 Å². The molecule has 0 saturated heterocycles. The van der Waals surface area contributed by atoms with Crippen LogP contribution in [0.25, 0.3) is 11.0 Å². The average molecular weight is 366 g/mol. The van der Waals surface area contributed by atoms with E-state index in [9.17, 15) is 9.59 Å². The molecule has 0 bridgehead atoms. The number of rotatable bonds is 7. The molecule has 6 heteroatoms. The summed E-state index contributed by atoms with van der Waals surface area (Å²) in [5.41, 5.74) is 2.95. The molecule has 3 aromatic rings. The average Bonchev–Trinajstić information content (AvgIpc) is 3.00. The van der Waals surface area contributed by atoms with Gasteiger partial charge in [0, 0.05) is 11.7 Å². The molecule has 0 unspecified atom stereocenters. The number of aromatic amines is 2. The second-order valence-electron chi connectivity index (χ2n) is 7.31. The minimum atomic E-state index is -0.366. The standard InChI is InChI=1S/C21H26N4O2/c1-13(2)11-18(15-7-5-4-6-8-15)22-14(3)20(26)23-16-9-10-17-19(12-16)25-21(27)24-17/h4-10,12-14,18,22H,11H2,1-3H3,(H,23,26)(H2,24,25,27)/t14-,18+/m0/s1. The van der Waals surface area contributed by atoms with Crippen LogP contribution in [-0.4, -0.2) is 21.9 Å². The van der Waals surface area contributed by atoms with E-state index in [1.54, 1.807) is 18.2 Å². The number of aromatic nitrogens is 2. The van der Waals surface area contributed by atoms with Crippen LogP contribution in [0, 0.1) is 5.92 Å². The van der Waals surface area contributed by atoms with Crippen LogP contribution < -0.4 is 16.3 Å². The lowest BCUT2D eigenvalue weighted by Gasteiger charge is -2.25. The quantitative estimate of drug-likeness (QED) is 0.515. The van der Waals surface area contributed by atoms with E-state index in [4.69, 9.17) is 0 Å². The van der Waals surface area contributed by atoms with Crippen LogP contribution in [0.1, 0.15) is 38.8 Å². The van der Waals surface area contributed by atoms with Gasteiger partial charge in [0.25, 0.3) is 0 Å². The van der Waals surface area contributed by atoms with Crippen LogP contribution >= 0.6 is 0 Å². The number of amides is 1. The van der Waals surface area contributed by atoms with Gasteiger partial charge >= 0.3 is 5.69 Å². The van der Waals surface area contributed by atoms with Gasteiger partial charge in [-0.05, 0) is 43.0 Å². The summed E-state index contributed by atoms with van der Waals surface area (Å²) in [7, 11) is 0. The molecule has 2 atom stereocenters. The van der Waals surface area contributed by atoms with Gasteiger partial charge in [0.05, 0.1) is 17.1 Å². The van der Waals surface area contributed by atoms with Crippen LogP contribution in [0.5, 0.6) is 0 Å². The molecule has 3 rings (SSSR count). The Labute approximate surface area is 158 Å². The molecule has 2 aromatic carbocycles. The van der Waals surface area contributed by atoms with Crippen LogP contribution in [0.3, 0.4) is 0 Å². The lowest BCUT2D eigenvalue weighted by atomic mass is 9.96. The molecule has 0 fully saturated rings. The molecule has 6 nitrogen and oxygen atoms in total. The molecule has 142 valence electrons. The summed E-state index contributed by atoms with van der Waals surface area (Å²) in [6, 6.07) is 15.2. The Morgan fingerprint density at radius 3 is 2.41 bits per heavy atom. The Kier molecular flexibility index (Phi) is 5.76. The molecule has 0 aliphatic heterocycles. The van der Waals surface area contributed by atoms with E-state index < -0.39 is 0 Å². The summed E-state index contributed by atoms with van der Waals surface area (Å²) >= 11 is 0. The Hall–Kier alpha value is -2.86. The zero-order valence-corrected chi connectivity index (χ0v) is 15.9. The lowest BCUT2D eigenvalue weighted by molar-refractivity contribution is -0.118. The number of carbonyl (C=O) groups excluding carboxylic acids is 1. The Morgan fingerprint density at radius 1 is 1.00 bits per heavy atom. The minimum absolute atomic E-state index is 0.107. The second kappa shape index (κ2) is 8.22. The van der Waals surface area contributed by atoms with Crippen molar-refractivity contribution < 1.29 is 4.79 Å². The number of H-pyrrole nitrogens is 2. The fraction of sp³-hybridized carbons (Fsp3) is 0.333. The van der Waals surface area contributed by atoms with Gasteiger partial charge in [-0.2, -0.15) is 0 Å². The summed E-state index contributed by atoms with van der Waals surface area (Å²) in [5, 5.41) is 6.37. The highest BCUT2D eigenvalue weighted by Crippen LogP contribution is 2.22. The fourth-order valence-corrected chi connectivity index (χ4v) is 3.20. The van der Waals surface area contributed by atoms with Crippen molar-refractivity contribution in [2.45, 2.75) is 39.3 Å². The van der Waals surface area contributed by atoms with Crippen molar-refractivity contribution >= 4 is 22.6 Å². The maximum absolute atomic E-state index is 12.7. The van der Waals surface area contributed by atoms with Gasteiger partial charge < -0.3 is 15.3 Å². The smallest absolute Gasteiger partial charge is 0.323 e. The normalized spacial score (nSPS) is 13.6. The monoisotopic (exact) mass is 366 g/mol. The van der Waals surface area contributed by atoms with E-state index in [1.165, 1.54) is 5.56 Å². The molecular formula is C21H26N4O2. The van der Waals surface area contributed by atoms with Crippen molar-refractivity contribution in [3.8, 4) is 0 Å². The number of hydrogen-bond acceptors (Lipinski definition) is 3. The SMILES string of the molecule is CC(C)C[C@@H](N[C@@H](C)C(=O)Nc1ccc2[nH]c(=O)[nH]c2c1)c1ccccc1. The Morgan fingerprint density at radius 2 is 1.70 bits per heavy atom. The number of hydrogen-bond donors (Lipinski definition) is 4. The zero-order chi connectivity index (χ0) is 19.4. The number of benzene rings is 2. The molecule has 0 aliphatic carbocycles. The first-order valence-corrected chi connectivity index (χ1v) is 9.26. The Balaban J connectivity index is 1.69. The summed E-state index contributed by atoms with van der Waals surface area (Å²) in [4.78, 5) is 29.4. The predicted octanol–water partition coefficient (Wildman–Crippen LogP) is 3.56. The largest absolute Gasteiger partial charge is 0.325 e.